The van der Waals surface area contributed by atoms with Crippen molar-refractivity contribution >= 4 is 10.9 Å². The Morgan fingerprint density at radius 1 is 0.900 bits per heavy atom. The van der Waals surface area contributed by atoms with E-state index < -0.39 is 0 Å². The van der Waals surface area contributed by atoms with Crippen LogP contribution in [0, 0.1) is 5.92 Å². The van der Waals surface area contributed by atoms with Crippen molar-refractivity contribution < 1.29 is 5.11 Å². The largest absolute Gasteiger partial charge is 0.391 e. The molecule has 2 aromatic carbocycles. The summed E-state index contributed by atoms with van der Waals surface area (Å²) < 4.78 is 0. The molecular formula is C26H31N3O. The van der Waals surface area contributed by atoms with E-state index in [-0.39, 0.29) is 6.10 Å². The smallest absolute Gasteiger partial charge is 0.0710 e. The fourth-order valence-corrected chi connectivity index (χ4v) is 5.29. The molecule has 2 fully saturated rings. The van der Waals surface area contributed by atoms with E-state index in [9.17, 15) is 5.11 Å². The minimum absolute atomic E-state index is 0.237. The summed E-state index contributed by atoms with van der Waals surface area (Å²) in [6, 6.07) is 21.8. The highest BCUT2D eigenvalue weighted by atomic mass is 16.3. The highest BCUT2D eigenvalue weighted by molar-refractivity contribution is 5.81. The zero-order valence-electron chi connectivity index (χ0n) is 17.5. The Balaban J connectivity index is 1.18. The van der Waals surface area contributed by atoms with Crippen LogP contribution in [0.3, 0.4) is 0 Å². The average molecular weight is 402 g/mol. The van der Waals surface area contributed by atoms with Gasteiger partial charge in [0.05, 0.1) is 11.6 Å². The van der Waals surface area contributed by atoms with Gasteiger partial charge < -0.3 is 5.11 Å². The fourth-order valence-electron chi connectivity index (χ4n) is 5.29. The van der Waals surface area contributed by atoms with Crippen LogP contribution in [0.15, 0.2) is 66.9 Å². The molecule has 0 aliphatic carbocycles. The van der Waals surface area contributed by atoms with Gasteiger partial charge in [0.15, 0.2) is 0 Å². The summed E-state index contributed by atoms with van der Waals surface area (Å²) in [7, 11) is 0. The van der Waals surface area contributed by atoms with E-state index >= 15 is 0 Å². The molecule has 0 amide bonds. The van der Waals surface area contributed by atoms with Gasteiger partial charge in [0.1, 0.15) is 0 Å². The van der Waals surface area contributed by atoms with Crippen molar-refractivity contribution in [3.63, 3.8) is 0 Å². The van der Waals surface area contributed by atoms with Crippen LogP contribution in [0.25, 0.3) is 10.9 Å². The summed E-state index contributed by atoms with van der Waals surface area (Å²) in [4.78, 5) is 9.61. The van der Waals surface area contributed by atoms with E-state index in [1.54, 1.807) is 0 Å². The number of hydrogen-bond donors (Lipinski definition) is 1. The molecule has 2 aliphatic rings. The first kappa shape index (κ1) is 19.7. The number of fused-ring (bicyclic) bond motifs is 1. The molecule has 4 heteroatoms. The number of aromatic nitrogens is 1. The molecule has 2 aliphatic heterocycles. The van der Waals surface area contributed by atoms with Crippen molar-refractivity contribution in [2.75, 3.05) is 26.2 Å². The number of aliphatic hydroxyl groups excluding tert-OH is 1. The highest BCUT2D eigenvalue weighted by Crippen LogP contribution is 2.29. The summed E-state index contributed by atoms with van der Waals surface area (Å²) in [5, 5.41) is 12.0. The molecular weight excluding hydrogens is 370 g/mol. The summed E-state index contributed by atoms with van der Waals surface area (Å²) in [5.74, 6) is 0.304. The highest BCUT2D eigenvalue weighted by Gasteiger charge is 2.36. The van der Waals surface area contributed by atoms with Crippen LogP contribution in [0.4, 0.5) is 0 Å². The predicted octanol–water partition coefficient (Wildman–Crippen LogP) is 3.73. The molecule has 0 unspecified atom stereocenters. The third-order valence-corrected chi connectivity index (χ3v) is 6.98. The lowest BCUT2D eigenvalue weighted by Crippen LogP contribution is -2.44. The van der Waals surface area contributed by atoms with Crippen molar-refractivity contribution in [3.8, 4) is 0 Å². The van der Waals surface area contributed by atoms with Crippen molar-refractivity contribution in [1.82, 2.24) is 14.8 Å². The first-order valence-electron chi connectivity index (χ1n) is 11.3. The lowest BCUT2D eigenvalue weighted by Gasteiger charge is -2.36. The zero-order chi connectivity index (χ0) is 20.3. The van der Waals surface area contributed by atoms with Crippen LogP contribution in [0.5, 0.6) is 0 Å². The van der Waals surface area contributed by atoms with Gasteiger partial charge >= 0.3 is 0 Å². The SMILES string of the molecule is O[C@H]1CN(C2CCN(Cc3ccccc3)CC2)C[C@H]1Cc1ccnc2ccccc12. The van der Waals surface area contributed by atoms with Crippen molar-refractivity contribution in [1.29, 1.82) is 0 Å². The van der Waals surface area contributed by atoms with Gasteiger partial charge in [-0.1, -0.05) is 48.5 Å². The van der Waals surface area contributed by atoms with Crippen LogP contribution in [-0.2, 0) is 13.0 Å². The predicted molar refractivity (Wildman–Crippen MR) is 121 cm³/mol. The Kier molecular flexibility index (Phi) is 5.80. The van der Waals surface area contributed by atoms with Gasteiger partial charge in [0.2, 0.25) is 0 Å². The molecule has 0 spiro atoms. The fraction of sp³-hybridized carbons (Fsp3) is 0.423. The number of para-hydroxylation sites is 1. The summed E-state index contributed by atoms with van der Waals surface area (Å²) in [6.07, 6.45) is 4.99. The lowest BCUT2D eigenvalue weighted by molar-refractivity contribution is 0.104. The lowest BCUT2D eigenvalue weighted by atomic mass is 9.94. The van der Waals surface area contributed by atoms with E-state index in [0.717, 1.165) is 44.7 Å². The molecule has 5 rings (SSSR count). The van der Waals surface area contributed by atoms with E-state index in [2.05, 4.69) is 69.4 Å². The first-order chi connectivity index (χ1) is 14.8. The number of β-amino-alcohol motifs (C(OH)–C–C–N with tert-alkyl or cyclic N) is 1. The number of benzene rings is 2. The monoisotopic (exact) mass is 401 g/mol. The van der Waals surface area contributed by atoms with E-state index in [0.29, 0.717) is 12.0 Å². The molecule has 3 heterocycles. The second-order valence-corrected chi connectivity index (χ2v) is 8.97. The molecule has 0 radical (unpaired) electrons. The van der Waals surface area contributed by atoms with Crippen LogP contribution in [0.2, 0.25) is 0 Å². The van der Waals surface area contributed by atoms with Gasteiger partial charge in [-0.2, -0.15) is 0 Å². The summed E-state index contributed by atoms with van der Waals surface area (Å²) in [6.45, 7) is 5.16. The number of likely N-dealkylation sites (tertiary alicyclic amines) is 2. The van der Waals surface area contributed by atoms with Gasteiger partial charge in [-0.3, -0.25) is 14.8 Å². The maximum Gasteiger partial charge on any atom is 0.0710 e. The van der Waals surface area contributed by atoms with Crippen molar-refractivity contribution in [2.24, 2.45) is 5.92 Å². The Bertz CT molecular complexity index is 963. The quantitative estimate of drug-likeness (QED) is 0.707. The summed E-state index contributed by atoms with van der Waals surface area (Å²) in [5.41, 5.74) is 3.76. The van der Waals surface area contributed by atoms with Crippen LogP contribution in [0.1, 0.15) is 24.0 Å². The minimum Gasteiger partial charge on any atom is -0.391 e. The molecule has 3 aromatic rings. The number of aliphatic hydroxyl groups is 1. The van der Waals surface area contributed by atoms with Gasteiger partial charge in [-0.25, -0.2) is 0 Å². The maximum absolute atomic E-state index is 10.8. The molecule has 30 heavy (non-hydrogen) atoms. The van der Waals surface area contributed by atoms with Gasteiger partial charge in [-0.05, 0) is 55.6 Å². The molecule has 1 aromatic heterocycles. The number of piperidine rings is 1. The second kappa shape index (κ2) is 8.84. The maximum atomic E-state index is 10.8. The number of pyridine rings is 1. The molecule has 2 atom stereocenters. The molecule has 4 nitrogen and oxygen atoms in total. The van der Waals surface area contributed by atoms with Gasteiger partial charge in [0, 0.05) is 43.2 Å². The second-order valence-electron chi connectivity index (χ2n) is 8.97. The topological polar surface area (TPSA) is 39.6 Å². The number of rotatable bonds is 5. The molecule has 0 saturated carbocycles. The van der Waals surface area contributed by atoms with Crippen LogP contribution in [-0.4, -0.2) is 58.2 Å². The zero-order valence-corrected chi connectivity index (χ0v) is 17.5. The Morgan fingerprint density at radius 3 is 2.50 bits per heavy atom. The minimum atomic E-state index is -0.237. The van der Waals surface area contributed by atoms with E-state index in [4.69, 9.17) is 0 Å². The third kappa shape index (κ3) is 4.27. The average Bonchev–Trinajstić information content (AvgIpc) is 3.15. The Labute approximate surface area is 179 Å². The first-order valence-corrected chi connectivity index (χ1v) is 11.3. The molecule has 0 bridgehead atoms. The van der Waals surface area contributed by atoms with Crippen molar-refractivity contribution in [3.05, 3.63) is 78.0 Å². The third-order valence-electron chi connectivity index (χ3n) is 6.98. The molecule has 156 valence electrons. The van der Waals surface area contributed by atoms with E-state index in [1.165, 1.54) is 29.4 Å². The molecule has 2 saturated heterocycles. The standard InChI is InChI=1S/C26H31N3O/c30-26-19-29(23-11-14-28(15-12-23)17-20-6-2-1-3-7-20)18-22(26)16-21-10-13-27-25-9-5-4-8-24(21)25/h1-10,13,22-23,26,30H,11-12,14-19H2/t22-,26+/m1/s1. The van der Waals surface area contributed by atoms with Crippen molar-refractivity contribution in [2.45, 2.75) is 38.0 Å². The van der Waals surface area contributed by atoms with Crippen LogP contribution >= 0.6 is 0 Å². The normalized spacial score (nSPS) is 23.9. The Morgan fingerprint density at radius 2 is 1.67 bits per heavy atom. The van der Waals surface area contributed by atoms with E-state index in [1.807, 2.05) is 12.3 Å². The number of hydrogen-bond acceptors (Lipinski definition) is 4. The van der Waals surface area contributed by atoms with Gasteiger partial charge in [0.25, 0.3) is 0 Å². The van der Waals surface area contributed by atoms with Crippen LogP contribution < -0.4 is 0 Å². The Hall–Kier alpha value is -2.27. The van der Waals surface area contributed by atoms with Gasteiger partial charge in [-0.15, -0.1) is 0 Å². The summed E-state index contributed by atoms with van der Waals surface area (Å²) >= 11 is 0. The number of nitrogens with zero attached hydrogens (tertiary/aromatic N) is 3. The molecule has 1 N–H and O–H groups in total.